The number of nitrogens with zero attached hydrogens (tertiary/aromatic N) is 2. The highest BCUT2D eigenvalue weighted by Gasteiger charge is 2.14. The van der Waals surface area contributed by atoms with Gasteiger partial charge in [-0.05, 0) is 31.9 Å². The molecular weight excluding hydrogens is 447 g/mol. The van der Waals surface area contributed by atoms with Gasteiger partial charge < -0.3 is 15.4 Å². The van der Waals surface area contributed by atoms with Gasteiger partial charge in [0.2, 0.25) is 0 Å². The van der Waals surface area contributed by atoms with E-state index in [0.29, 0.717) is 12.0 Å². The summed E-state index contributed by atoms with van der Waals surface area (Å²) >= 11 is 1.87. The van der Waals surface area contributed by atoms with Gasteiger partial charge in [0.25, 0.3) is 0 Å². The molecule has 2 atom stereocenters. The quantitative estimate of drug-likeness (QED) is 0.358. The van der Waals surface area contributed by atoms with E-state index in [-0.39, 0.29) is 24.0 Å². The van der Waals surface area contributed by atoms with Crippen molar-refractivity contribution in [3.05, 3.63) is 21.9 Å². The Hall–Kier alpha value is -0.380. The number of aryl methyl sites for hydroxylation is 1. The fourth-order valence-corrected chi connectivity index (χ4v) is 3.95. The van der Waals surface area contributed by atoms with Gasteiger partial charge in [-0.1, -0.05) is 6.92 Å². The van der Waals surface area contributed by atoms with E-state index in [4.69, 9.17) is 4.74 Å². The minimum Gasteiger partial charge on any atom is -0.379 e. The molecule has 5 nitrogen and oxygen atoms in total. The van der Waals surface area contributed by atoms with Gasteiger partial charge in [0.15, 0.2) is 5.96 Å². The molecule has 0 radical (unpaired) electrons. The minimum absolute atomic E-state index is 0. The molecule has 0 saturated carbocycles. The Kier molecular flexibility index (Phi) is 11.0. The molecule has 25 heavy (non-hydrogen) atoms. The Balaban J connectivity index is 0.00000312. The number of halogens is 1. The zero-order valence-corrected chi connectivity index (χ0v) is 19.0. The fourth-order valence-electron chi connectivity index (χ4n) is 2.94. The number of aliphatic imine (C=N–C) groups is 1. The summed E-state index contributed by atoms with van der Waals surface area (Å²) in [6.45, 7) is 12.5. The van der Waals surface area contributed by atoms with Gasteiger partial charge in [0, 0.05) is 55.4 Å². The minimum atomic E-state index is 0. The summed E-state index contributed by atoms with van der Waals surface area (Å²) in [6.07, 6.45) is 1.03. The summed E-state index contributed by atoms with van der Waals surface area (Å²) in [5, 5.41) is 6.96. The molecule has 1 aliphatic heterocycles. The molecule has 0 spiro atoms. The number of rotatable bonds is 7. The Labute approximate surface area is 173 Å². The SMILES string of the molecule is CN=C(NCC(C)CN1CCOCC1)NC(C)Cc1ccc(C)s1.I. The van der Waals surface area contributed by atoms with E-state index < -0.39 is 0 Å². The van der Waals surface area contributed by atoms with Gasteiger partial charge in [-0.25, -0.2) is 0 Å². The Morgan fingerprint density at radius 1 is 1.32 bits per heavy atom. The second kappa shape index (κ2) is 12.1. The van der Waals surface area contributed by atoms with E-state index in [0.717, 1.165) is 51.8 Å². The molecular formula is C18H33IN4OS. The summed E-state index contributed by atoms with van der Waals surface area (Å²) in [6, 6.07) is 4.77. The van der Waals surface area contributed by atoms with Crippen LogP contribution in [0.3, 0.4) is 0 Å². The first-order valence-electron chi connectivity index (χ1n) is 8.89. The number of guanidine groups is 1. The summed E-state index contributed by atoms with van der Waals surface area (Å²) in [4.78, 5) is 9.63. The molecule has 7 heteroatoms. The highest BCUT2D eigenvalue weighted by Crippen LogP contribution is 2.16. The molecule has 1 fully saturated rings. The number of thiophene rings is 1. The maximum absolute atomic E-state index is 5.41. The van der Waals surface area contributed by atoms with Crippen LogP contribution in [-0.4, -0.2) is 63.3 Å². The van der Waals surface area contributed by atoms with Crippen LogP contribution in [0.15, 0.2) is 17.1 Å². The molecule has 2 rings (SSSR count). The highest BCUT2D eigenvalue weighted by atomic mass is 127. The van der Waals surface area contributed by atoms with Crippen LogP contribution in [0.2, 0.25) is 0 Å². The van der Waals surface area contributed by atoms with Crippen molar-refractivity contribution in [3.8, 4) is 0 Å². The van der Waals surface area contributed by atoms with Crippen molar-refractivity contribution in [2.24, 2.45) is 10.9 Å². The average molecular weight is 480 g/mol. The van der Waals surface area contributed by atoms with Crippen molar-refractivity contribution in [1.82, 2.24) is 15.5 Å². The molecule has 1 aromatic rings. The number of hydrogen-bond donors (Lipinski definition) is 2. The smallest absolute Gasteiger partial charge is 0.191 e. The third-order valence-electron chi connectivity index (χ3n) is 4.20. The lowest BCUT2D eigenvalue weighted by atomic mass is 10.1. The Morgan fingerprint density at radius 3 is 2.64 bits per heavy atom. The molecule has 0 bridgehead atoms. The lowest BCUT2D eigenvalue weighted by Crippen LogP contribution is -2.46. The Bertz CT molecular complexity index is 517. The molecule has 0 aromatic carbocycles. The predicted octanol–water partition coefficient (Wildman–Crippen LogP) is 2.74. The predicted molar refractivity (Wildman–Crippen MR) is 119 cm³/mol. The third kappa shape index (κ3) is 8.70. The first-order chi connectivity index (χ1) is 11.6. The van der Waals surface area contributed by atoms with Crippen LogP contribution in [-0.2, 0) is 11.2 Å². The van der Waals surface area contributed by atoms with E-state index in [1.165, 1.54) is 9.75 Å². The van der Waals surface area contributed by atoms with Crippen molar-refractivity contribution in [2.75, 3.05) is 46.4 Å². The molecule has 0 aliphatic carbocycles. The maximum Gasteiger partial charge on any atom is 0.191 e. The third-order valence-corrected chi connectivity index (χ3v) is 5.22. The number of nitrogens with one attached hydrogen (secondary N) is 2. The van der Waals surface area contributed by atoms with E-state index >= 15 is 0 Å². The lowest BCUT2D eigenvalue weighted by Gasteiger charge is -2.29. The monoisotopic (exact) mass is 480 g/mol. The van der Waals surface area contributed by atoms with Gasteiger partial charge in [0.1, 0.15) is 0 Å². The van der Waals surface area contributed by atoms with E-state index in [2.05, 4.69) is 53.4 Å². The fraction of sp³-hybridized carbons (Fsp3) is 0.722. The Morgan fingerprint density at radius 2 is 2.04 bits per heavy atom. The zero-order chi connectivity index (χ0) is 17.4. The molecule has 2 N–H and O–H groups in total. The number of morpholine rings is 1. The van der Waals surface area contributed by atoms with Crippen LogP contribution in [0.4, 0.5) is 0 Å². The summed E-state index contributed by atoms with van der Waals surface area (Å²) in [5.41, 5.74) is 0. The van der Waals surface area contributed by atoms with E-state index in [9.17, 15) is 0 Å². The van der Waals surface area contributed by atoms with Crippen molar-refractivity contribution >= 4 is 41.3 Å². The van der Waals surface area contributed by atoms with Crippen LogP contribution in [0.5, 0.6) is 0 Å². The van der Waals surface area contributed by atoms with Crippen molar-refractivity contribution < 1.29 is 4.74 Å². The molecule has 2 unspecified atom stereocenters. The lowest BCUT2D eigenvalue weighted by molar-refractivity contribution is 0.0320. The first-order valence-corrected chi connectivity index (χ1v) is 9.71. The highest BCUT2D eigenvalue weighted by molar-refractivity contribution is 14.0. The van der Waals surface area contributed by atoms with E-state index in [1.54, 1.807) is 0 Å². The van der Waals surface area contributed by atoms with Crippen LogP contribution < -0.4 is 10.6 Å². The van der Waals surface area contributed by atoms with Crippen LogP contribution in [0.25, 0.3) is 0 Å². The molecule has 2 heterocycles. The van der Waals surface area contributed by atoms with Gasteiger partial charge in [-0.15, -0.1) is 35.3 Å². The number of hydrogen-bond acceptors (Lipinski definition) is 4. The normalized spacial score (nSPS) is 18.3. The second-order valence-electron chi connectivity index (χ2n) is 6.73. The van der Waals surface area contributed by atoms with Crippen molar-refractivity contribution in [3.63, 3.8) is 0 Å². The molecule has 144 valence electrons. The van der Waals surface area contributed by atoms with Gasteiger partial charge in [-0.3, -0.25) is 9.89 Å². The van der Waals surface area contributed by atoms with Gasteiger partial charge in [-0.2, -0.15) is 0 Å². The molecule has 0 amide bonds. The van der Waals surface area contributed by atoms with Crippen molar-refractivity contribution in [2.45, 2.75) is 33.2 Å². The maximum atomic E-state index is 5.41. The van der Waals surface area contributed by atoms with E-state index in [1.807, 2.05) is 18.4 Å². The first kappa shape index (κ1) is 22.7. The summed E-state index contributed by atoms with van der Waals surface area (Å²) in [7, 11) is 1.84. The summed E-state index contributed by atoms with van der Waals surface area (Å²) < 4.78 is 5.41. The van der Waals surface area contributed by atoms with Crippen LogP contribution >= 0.6 is 35.3 Å². The second-order valence-corrected chi connectivity index (χ2v) is 8.11. The van der Waals surface area contributed by atoms with Crippen LogP contribution in [0.1, 0.15) is 23.6 Å². The van der Waals surface area contributed by atoms with Crippen molar-refractivity contribution in [1.29, 1.82) is 0 Å². The van der Waals surface area contributed by atoms with Gasteiger partial charge in [0.05, 0.1) is 13.2 Å². The zero-order valence-electron chi connectivity index (χ0n) is 15.9. The molecule has 1 saturated heterocycles. The standard InChI is InChI=1S/C18H32N4OS.HI/c1-14(13-22-7-9-23-10-8-22)12-20-18(19-4)21-15(2)11-17-6-5-16(3)24-17;/h5-6,14-15H,7-13H2,1-4H3,(H2,19,20,21);1H. The molecule has 1 aromatic heterocycles. The largest absolute Gasteiger partial charge is 0.379 e. The summed E-state index contributed by atoms with van der Waals surface area (Å²) in [5.74, 6) is 1.47. The van der Waals surface area contributed by atoms with Crippen LogP contribution in [0, 0.1) is 12.8 Å². The van der Waals surface area contributed by atoms with Gasteiger partial charge >= 0.3 is 0 Å². The average Bonchev–Trinajstić information content (AvgIpc) is 2.97. The number of ether oxygens (including phenoxy) is 1. The topological polar surface area (TPSA) is 48.9 Å². The molecule has 1 aliphatic rings.